The van der Waals surface area contributed by atoms with Crippen LogP contribution in [-0.2, 0) is 26.7 Å². The van der Waals surface area contributed by atoms with Gasteiger partial charge < -0.3 is 19.6 Å². The Hall–Kier alpha value is -3.86. The van der Waals surface area contributed by atoms with E-state index in [0.717, 1.165) is 37.8 Å². The minimum Gasteiger partial charge on any atom is -0.490 e. The maximum absolute atomic E-state index is 13.8. The highest BCUT2D eigenvalue weighted by Crippen LogP contribution is 2.49. The average Bonchev–Trinajstić information content (AvgIpc) is 3.25. The smallest absolute Gasteiger partial charge is 0.264 e. The van der Waals surface area contributed by atoms with Gasteiger partial charge >= 0.3 is 0 Å². The van der Waals surface area contributed by atoms with Crippen molar-refractivity contribution in [3.05, 3.63) is 101 Å². The molecular weight excluding hydrogens is 698 g/mol. The third kappa shape index (κ3) is 6.97. The second-order valence-electron chi connectivity index (χ2n) is 15.5. The Bertz CT molecular complexity index is 1990. The van der Waals surface area contributed by atoms with Gasteiger partial charge in [-0.15, -0.1) is 0 Å². The van der Waals surface area contributed by atoms with E-state index < -0.39 is 26.8 Å². The van der Waals surface area contributed by atoms with Crippen LogP contribution in [0.3, 0.4) is 0 Å². The molecular formula is C41H48ClN3O6S. The number of ether oxygens (including phenoxy) is 1. The summed E-state index contributed by atoms with van der Waals surface area (Å²) in [6, 6.07) is 20.6. The van der Waals surface area contributed by atoms with Crippen molar-refractivity contribution in [1.29, 1.82) is 0 Å². The molecule has 2 aliphatic carbocycles. The van der Waals surface area contributed by atoms with Gasteiger partial charge in [-0.3, -0.25) is 9.59 Å². The summed E-state index contributed by atoms with van der Waals surface area (Å²) < 4.78 is 35.9. The Balaban J connectivity index is 1.30. The zero-order valence-corrected chi connectivity index (χ0v) is 31.6. The van der Waals surface area contributed by atoms with Crippen LogP contribution in [0, 0.1) is 17.8 Å². The normalized spacial score (nSPS) is 30.4. The Kier molecular flexibility index (Phi) is 9.95. The van der Waals surface area contributed by atoms with Crippen LogP contribution in [0.4, 0.5) is 11.4 Å². The zero-order valence-electron chi connectivity index (χ0n) is 30.1. The quantitative estimate of drug-likeness (QED) is 0.288. The van der Waals surface area contributed by atoms with Gasteiger partial charge in [-0.25, -0.2) is 13.1 Å². The number of allylic oxidation sites excluding steroid dienone is 1. The van der Waals surface area contributed by atoms with Crippen LogP contribution in [0.5, 0.6) is 5.75 Å². The molecule has 1 fully saturated rings. The molecule has 0 saturated heterocycles. The van der Waals surface area contributed by atoms with Crippen LogP contribution in [0.25, 0.3) is 0 Å². The summed E-state index contributed by atoms with van der Waals surface area (Å²) in [4.78, 5) is 31.3. The molecule has 2 N–H and O–H groups in total. The highest BCUT2D eigenvalue weighted by Gasteiger charge is 2.49. The van der Waals surface area contributed by atoms with E-state index in [1.807, 2.05) is 55.5 Å². The standard InChI is InChI=1S/C41H48ClN3O6S/c1-27-9-7-20-41(48,23-38(46)44(3)33-11-5-4-6-12-33)35-16-13-31(35)24-45-25-40(19-8-10-29-21-32(42)15-17-34(29)40)26-51-37-18-14-30(22-36(37)45)39(47)43-52(49,50)28(27)2/h4-7,11-12,14-15,17-18,20-22,27-28,31,35,48H,8-10,13,16,19,23-26H2,1-3H3,(H,43,47)/b20-7-/t27-,28+,31-,35+,40-,41+/m0/s1. The fourth-order valence-corrected chi connectivity index (χ4v) is 10.2. The molecule has 0 unspecified atom stereocenters. The molecule has 52 heavy (non-hydrogen) atoms. The minimum absolute atomic E-state index is 0.0304. The van der Waals surface area contributed by atoms with Gasteiger partial charge in [-0.05, 0) is 117 Å². The number of halogens is 1. The number of para-hydroxylation sites is 1. The van der Waals surface area contributed by atoms with Crippen LogP contribution >= 0.6 is 11.6 Å². The van der Waals surface area contributed by atoms with Gasteiger partial charge in [-0.1, -0.05) is 54.9 Å². The molecule has 1 spiro atoms. The van der Waals surface area contributed by atoms with Crippen molar-refractivity contribution in [3.8, 4) is 5.75 Å². The molecule has 3 aromatic carbocycles. The summed E-state index contributed by atoms with van der Waals surface area (Å²) in [6.07, 6.45) is 8.17. The number of carbonyl (C=O) groups is 2. The van der Waals surface area contributed by atoms with Crippen molar-refractivity contribution < 1.29 is 27.9 Å². The monoisotopic (exact) mass is 745 g/mol. The molecule has 4 aliphatic rings. The fourth-order valence-electron chi connectivity index (χ4n) is 8.72. The number of nitrogens with zero attached hydrogens (tertiary/aromatic N) is 2. The van der Waals surface area contributed by atoms with Crippen LogP contribution in [0.15, 0.2) is 78.9 Å². The number of benzene rings is 3. The number of anilines is 2. The number of aliphatic hydroxyl groups is 1. The van der Waals surface area contributed by atoms with Gasteiger partial charge in [0, 0.05) is 41.8 Å². The Morgan fingerprint density at radius 1 is 1.10 bits per heavy atom. The highest BCUT2D eigenvalue weighted by atomic mass is 35.5. The van der Waals surface area contributed by atoms with E-state index in [-0.39, 0.29) is 41.1 Å². The first kappa shape index (κ1) is 36.5. The maximum Gasteiger partial charge on any atom is 0.264 e. The third-order valence-electron chi connectivity index (χ3n) is 12.2. The lowest BCUT2D eigenvalue weighted by atomic mass is 9.63. The number of fused-ring (bicyclic) bond motifs is 4. The summed E-state index contributed by atoms with van der Waals surface area (Å²) >= 11 is 6.45. The van der Waals surface area contributed by atoms with Gasteiger partial charge in [0.05, 0.1) is 29.6 Å². The molecule has 0 radical (unpaired) electrons. The number of hydrogen-bond acceptors (Lipinski definition) is 7. The molecule has 2 bridgehead atoms. The van der Waals surface area contributed by atoms with E-state index in [0.29, 0.717) is 42.6 Å². The topological polar surface area (TPSA) is 116 Å². The lowest BCUT2D eigenvalue weighted by Gasteiger charge is -2.49. The first-order valence-corrected chi connectivity index (χ1v) is 20.3. The number of hydrogen-bond donors (Lipinski definition) is 2. The number of aryl methyl sites for hydroxylation is 1. The molecule has 1 saturated carbocycles. The summed E-state index contributed by atoms with van der Waals surface area (Å²) in [7, 11) is -2.32. The summed E-state index contributed by atoms with van der Waals surface area (Å²) in [5.74, 6) is -0.848. The van der Waals surface area contributed by atoms with Crippen molar-refractivity contribution in [2.24, 2.45) is 17.8 Å². The van der Waals surface area contributed by atoms with Crippen molar-refractivity contribution in [1.82, 2.24) is 4.72 Å². The van der Waals surface area contributed by atoms with E-state index >= 15 is 0 Å². The highest BCUT2D eigenvalue weighted by molar-refractivity contribution is 7.90. The van der Waals surface area contributed by atoms with Gasteiger partial charge in [0.2, 0.25) is 15.9 Å². The van der Waals surface area contributed by atoms with Crippen LogP contribution in [-0.4, -0.2) is 62.9 Å². The van der Waals surface area contributed by atoms with E-state index in [1.165, 1.54) is 11.1 Å². The molecule has 6 atom stereocenters. The Labute approximate surface area is 312 Å². The SMILES string of the molecule is C[C@@H]1[C@@H](C)C/C=C\[C@@](O)(CC(=O)N(C)c2ccccc2)[C@@H]2CC[C@H]2CN2C[C@@]3(CCCc4cc(Cl)ccc43)COc3ccc(cc32)C(=O)NS1(=O)=O. The van der Waals surface area contributed by atoms with E-state index in [9.17, 15) is 23.1 Å². The number of amides is 2. The molecule has 2 amide bonds. The first-order valence-electron chi connectivity index (χ1n) is 18.4. The van der Waals surface area contributed by atoms with Crippen LogP contribution in [0.2, 0.25) is 5.02 Å². The molecule has 11 heteroatoms. The largest absolute Gasteiger partial charge is 0.490 e. The van der Waals surface area contributed by atoms with Gasteiger partial charge in [0.25, 0.3) is 5.91 Å². The second kappa shape index (κ2) is 14.2. The first-order chi connectivity index (χ1) is 24.8. The van der Waals surface area contributed by atoms with Crippen LogP contribution < -0.4 is 19.3 Å². The van der Waals surface area contributed by atoms with Gasteiger partial charge in [0.1, 0.15) is 5.75 Å². The summed E-state index contributed by atoms with van der Waals surface area (Å²) in [5, 5.41) is 12.4. The fraction of sp³-hybridized carbons (Fsp3) is 0.463. The van der Waals surface area contributed by atoms with Gasteiger partial charge in [0.15, 0.2) is 0 Å². The van der Waals surface area contributed by atoms with Crippen LogP contribution in [0.1, 0.15) is 73.9 Å². The Morgan fingerprint density at radius 3 is 2.63 bits per heavy atom. The predicted molar refractivity (Wildman–Crippen MR) is 205 cm³/mol. The summed E-state index contributed by atoms with van der Waals surface area (Å²) in [5.41, 5.74) is 2.26. The lowest BCUT2D eigenvalue weighted by Crippen LogP contribution is -2.53. The number of rotatable bonds is 3. The number of sulfonamides is 1. The molecule has 0 aromatic heterocycles. The van der Waals surface area contributed by atoms with Crippen molar-refractivity contribution >= 4 is 44.8 Å². The third-order valence-corrected chi connectivity index (χ3v) is 14.4. The second-order valence-corrected chi connectivity index (χ2v) is 18.0. The lowest BCUT2D eigenvalue weighted by molar-refractivity contribution is -0.126. The summed E-state index contributed by atoms with van der Waals surface area (Å²) in [6.45, 7) is 4.99. The number of nitrogens with one attached hydrogen (secondary N) is 1. The molecule has 7 rings (SSSR count). The molecule has 2 aliphatic heterocycles. The molecule has 9 nitrogen and oxygen atoms in total. The minimum atomic E-state index is -4.05. The molecule has 3 aromatic rings. The van der Waals surface area contributed by atoms with Crippen molar-refractivity contribution in [2.75, 3.05) is 36.5 Å². The van der Waals surface area contributed by atoms with Crippen molar-refractivity contribution in [3.63, 3.8) is 0 Å². The van der Waals surface area contributed by atoms with Crippen molar-refractivity contribution in [2.45, 2.75) is 75.1 Å². The Morgan fingerprint density at radius 2 is 1.88 bits per heavy atom. The maximum atomic E-state index is 13.8. The van der Waals surface area contributed by atoms with E-state index in [1.54, 1.807) is 43.1 Å². The molecule has 2 heterocycles. The predicted octanol–water partition coefficient (Wildman–Crippen LogP) is 6.67. The average molecular weight is 746 g/mol. The molecule has 276 valence electrons. The van der Waals surface area contributed by atoms with E-state index in [4.69, 9.17) is 16.3 Å². The zero-order chi connectivity index (χ0) is 36.8. The van der Waals surface area contributed by atoms with E-state index in [2.05, 4.69) is 15.7 Å². The number of carbonyl (C=O) groups excluding carboxylic acids is 2. The van der Waals surface area contributed by atoms with Gasteiger partial charge in [-0.2, -0.15) is 0 Å².